The first-order chi connectivity index (χ1) is 13.3. The van der Waals surface area contributed by atoms with Gasteiger partial charge in [0.15, 0.2) is 0 Å². The molecule has 0 aliphatic heterocycles. The highest BCUT2D eigenvalue weighted by Gasteiger charge is 2.28. The number of carbonyl (C=O) groups is 6. The second-order valence-electron chi connectivity index (χ2n) is 6.68. The molecule has 0 bridgehead atoms. The van der Waals surface area contributed by atoms with Crippen molar-refractivity contribution in [2.75, 3.05) is 6.54 Å². The lowest BCUT2D eigenvalue weighted by molar-refractivity contribution is -0.142. The first-order valence-corrected chi connectivity index (χ1v) is 8.77. The van der Waals surface area contributed by atoms with Crippen molar-refractivity contribution < 1.29 is 33.9 Å². The van der Waals surface area contributed by atoms with Crippen molar-refractivity contribution in [3.8, 4) is 0 Å². The van der Waals surface area contributed by atoms with E-state index in [1.807, 2.05) is 0 Å². The lowest BCUT2D eigenvalue weighted by Gasteiger charge is -2.21. The zero-order valence-corrected chi connectivity index (χ0v) is 16.3. The van der Waals surface area contributed by atoms with Crippen molar-refractivity contribution in [3.05, 3.63) is 0 Å². The Morgan fingerprint density at radius 1 is 0.897 bits per heavy atom. The Kier molecular flexibility index (Phi) is 10.9. The fraction of sp³-hybridized carbons (Fsp3) is 0.625. The number of carbonyl (C=O) groups excluding carboxylic acids is 5. The first-order valence-electron chi connectivity index (χ1n) is 8.77. The van der Waals surface area contributed by atoms with Crippen LogP contribution < -0.4 is 33.2 Å². The fourth-order valence-corrected chi connectivity index (χ4v) is 2.06. The van der Waals surface area contributed by atoms with E-state index >= 15 is 0 Å². The second kappa shape index (κ2) is 12.3. The summed E-state index contributed by atoms with van der Waals surface area (Å²) in [5, 5.41) is 15.7. The van der Waals surface area contributed by atoms with Crippen LogP contribution in [-0.2, 0) is 28.8 Å². The van der Waals surface area contributed by atoms with Crippen LogP contribution in [0.25, 0.3) is 0 Å². The Hall–Kier alpha value is -3.22. The van der Waals surface area contributed by atoms with Gasteiger partial charge in [0.25, 0.3) is 0 Å². The molecule has 0 spiro atoms. The van der Waals surface area contributed by atoms with Gasteiger partial charge in [-0.25, -0.2) is 4.79 Å². The lowest BCUT2D eigenvalue weighted by Crippen LogP contribution is -2.55. The third-order valence-electron chi connectivity index (χ3n) is 3.80. The number of nitrogens with one attached hydrogen (secondary N) is 3. The molecule has 13 heteroatoms. The molecule has 10 N–H and O–H groups in total. The summed E-state index contributed by atoms with van der Waals surface area (Å²) in [6.07, 6.45) is -1.19. The molecule has 0 saturated heterocycles. The molecule has 164 valence electrons. The van der Waals surface area contributed by atoms with Crippen LogP contribution in [0.2, 0.25) is 0 Å². The van der Waals surface area contributed by atoms with Gasteiger partial charge < -0.3 is 38.3 Å². The summed E-state index contributed by atoms with van der Waals surface area (Å²) in [7, 11) is 0. The molecule has 0 aromatic heterocycles. The number of aliphatic carboxylic acids is 1. The monoisotopic (exact) mass is 416 g/mol. The van der Waals surface area contributed by atoms with E-state index in [0.717, 1.165) is 0 Å². The number of hydrogen-bond donors (Lipinski definition) is 7. The number of carboxylic acids is 1. The third-order valence-corrected chi connectivity index (χ3v) is 3.80. The smallest absolute Gasteiger partial charge is 0.326 e. The van der Waals surface area contributed by atoms with E-state index in [2.05, 4.69) is 16.0 Å². The van der Waals surface area contributed by atoms with Gasteiger partial charge in [-0.05, 0) is 12.3 Å². The molecule has 3 atom stereocenters. The highest BCUT2D eigenvalue weighted by atomic mass is 16.4. The molecule has 5 amide bonds. The predicted octanol–water partition coefficient (Wildman–Crippen LogP) is -3.72. The van der Waals surface area contributed by atoms with Crippen molar-refractivity contribution in [3.63, 3.8) is 0 Å². The van der Waals surface area contributed by atoms with Crippen molar-refractivity contribution >= 4 is 35.5 Å². The van der Waals surface area contributed by atoms with Crippen LogP contribution in [0.3, 0.4) is 0 Å². The normalized spacial score (nSPS) is 13.7. The van der Waals surface area contributed by atoms with Gasteiger partial charge >= 0.3 is 5.97 Å². The van der Waals surface area contributed by atoms with Crippen LogP contribution >= 0.6 is 0 Å². The van der Waals surface area contributed by atoms with Crippen molar-refractivity contribution in [1.82, 2.24) is 16.0 Å². The molecule has 0 radical (unpaired) electrons. The van der Waals surface area contributed by atoms with Crippen LogP contribution in [0, 0.1) is 5.92 Å². The van der Waals surface area contributed by atoms with E-state index in [0.29, 0.717) is 0 Å². The lowest BCUT2D eigenvalue weighted by atomic mass is 10.1. The maximum absolute atomic E-state index is 12.3. The molecular weight excluding hydrogens is 388 g/mol. The maximum atomic E-state index is 12.3. The maximum Gasteiger partial charge on any atom is 0.326 e. The Morgan fingerprint density at radius 2 is 1.48 bits per heavy atom. The van der Waals surface area contributed by atoms with Gasteiger partial charge in [0, 0.05) is 6.42 Å². The average molecular weight is 416 g/mol. The van der Waals surface area contributed by atoms with E-state index in [1.54, 1.807) is 13.8 Å². The summed E-state index contributed by atoms with van der Waals surface area (Å²) in [4.78, 5) is 69.2. The Morgan fingerprint density at radius 3 is 1.93 bits per heavy atom. The van der Waals surface area contributed by atoms with Crippen molar-refractivity contribution in [2.45, 2.75) is 51.2 Å². The number of nitrogens with two attached hydrogens (primary N) is 3. The minimum atomic E-state index is -1.48. The van der Waals surface area contributed by atoms with Crippen LogP contribution in [0.5, 0.6) is 0 Å². The van der Waals surface area contributed by atoms with Gasteiger partial charge in [-0.2, -0.15) is 0 Å². The van der Waals surface area contributed by atoms with Gasteiger partial charge in [0.05, 0.1) is 19.0 Å². The molecule has 0 aliphatic rings. The van der Waals surface area contributed by atoms with Crippen LogP contribution in [0.1, 0.15) is 33.1 Å². The SMILES string of the molecule is CC(C)C(N)C(=O)NCC(=O)NC(CC(N)=O)C(=O)NC(CCC(N)=O)C(=O)O. The predicted molar refractivity (Wildman–Crippen MR) is 99.6 cm³/mol. The Balaban J connectivity index is 4.96. The number of hydrogen-bond acceptors (Lipinski definition) is 7. The minimum Gasteiger partial charge on any atom is -0.480 e. The minimum absolute atomic E-state index is 0.167. The number of rotatable bonds is 13. The molecule has 3 unspecified atom stereocenters. The molecule has 0 aliphatic carbocycles. The quantitative estimate of drug-likeness (QED) is 0.157. The molecule has 13 nitrogen and oxygen atoms in total. The number of amides is 5. The third kappa shape index (κ3) is 10.6. The first kappa shape index (κ1) is 25.8. The number of primary amides is 2. The van der Waals surface area contributed by atoms with E-state index in [9.17, 15) is 28.8 Å². The molecule has 0 fully saturated rings. The van der Waals surface area contributed by atoms with E-state index in [4.69, 9.17) is 22.3 Å². The molecule has 0 aromatic rings. The summed E-state index contributed by atoms with van der Waals surface area (Å²) < 4.78 is 0. The van der Waals surface area contributed by atoms with E-state index < -0.39 is 66.6 Å². The average Bonchev–Trinajstić information content (AvgIpc) is 2.60. The van der Waals surface area contributed by atoms with Gasteiger partial charge in [-0.3, -0.25) is 24.0 Å². The summed E-state index contributed by atoms with van der Waals surface area (Å²) in [6, 6.07) is -3.79. The van der Waals surface area contributed by atoms with Gasteiger partial charge in [-0.1, -0.05) is 13.8 Å². The van der Waals surface area contributed by atoms with E-state index in [1.165, 1.54) is 0 Å². The summed E-state index contributed by atoms with van der Waals surface area (Å²) in [5.74, 6) is -5.69. The second-order valence-corrected chi connectivity index (χ2v) is 6.68. The van der Waals surface area contributed by atoms with Crippen molar-refractivity contribution in [1.29, 1.82) is 0 Å². The highest BCUT2D eigenvalue weighted by Crippen LogP contribution is 2.01. The summed E-state index contributed by atoms with van der Waals surface area (Å²) in [5.41, 5.74) is 15.6. The summed E-state index contributed by atoms with van der Waals surface area (Å²) >= 11 is 0. The largest absolute Gasteiger partial charge is 0.480 e. The zero-order chi connectivity index (χ0) is 22.7. The molecule has 0 aromatic carbocycles. The van der Waals surface area contributed by atoms with Crippen LogP contribution in [0.15, 0.2) is 0 Å². The van der Waals surface area contributed by atoms with Gasteiger partial charge in [-0.15, -0.1) is 0 Å². The molecular formula is C16H28N6O7. The Labute approximate surface area is 167 Å². The van der Waals surface area contributed by atoms with Gasteiger partial charge in [0.1, 0.15) is 12.1 Å². The Bertz CT molecular complexity index is 652. The standard InChI is InChI=1S/C16H28N6O7/c1-7(2)13(19)15(27)20-6-12(25)21-9(5-11(18)24)14(26)22-8(16(28)29)3-4-10(17)23/h7-9,13H,3-6,19H2,1-2H3,(H2,17,23)(H2,18,24)(H,20,27)(H,21,25)(H,22,26)(H,28,29). The molecule has 0 rings (SSSR count). The number of carboxylic acid groups (broad SMARTS) is 1. The van der Waals surface area contributed by atoms with Crippen molar-refractivity contribution in [2.24, 2.45) is 23.1 Å². The topological polar surface area (TPSA) is 237 Å². The molecule has 29 heavy (non-hydrogen) atoms. The fourth-order valence-electron chi connectivity index (χ4n) is 2.06. The summed E-state index contributed by atoms with van der Waals surface area (Å²) in [6.45, 7) is 2.91. The molecule has 0 saturated carbocycles. The van der Waals surface area contributed by atoms with E-state index in [-0.39, 0.29) is 18.8 Å². The molecule has 0 heterocycles. The zero-order valence-electron chi connectivity index (χ0n) is 16.3. The van der Waals surface area contributed by atoms with Gasteiger partial charge in [0.2, 0.25) is 29.5 Å². The van der Waals surface area contributed by atoms with Crippen LogP contribution in [-0.4, -0.2) is 65.3 Å². The van der Waals surface area contributed by atoms with Crippen LogP contribution in [0.4, 0.5) is 0 Å². The highest BCUT2D eigenvalue weighted by molar-refractivity contribution is 5.95.